The summed E-state index contributed by atoms with van der Waals surface area (Å²) in [7, 11) is 0. The molecule has 0 saturated carbocycles. The Balaban J connectivity index is 2.26. The Bertz CT molecular complexity index is 425. The van der Waals surface area contributed by atoms with Gasteiger partial charge in [0, 0.05) is 19.3 Å². The first-order chi connectivity index (χ1) is 7.58. The van der Waals surface area contributed by atoms with Crippen LogP contribution in [-0.2, 0) is 0 Å². The van der Waals surface area contributed by atoms with Crippen LogP contribution in [0.2, 0.25) is 0 Å². The van der Waals surface area contributed by atoms with Gasteiger partial charge in [-0.05, 0) is 28.4 Å². The van der Waals surface area contributed by atoms with Crippen molar-refractivity contribution in [3.63, 3.8) is 0 Å². The fraction of sp³-hybridized carbons (Fsp3) is 0.400. The maximum Gasteiger partial charge on any atom is 0.337 e. The molecule has 1 saturated heterocycles. The first kappa shape index (κ1) is 11.3. The molecule has 1 unspecified atom stereocenters. The third-order valence-electron chi connectivity index (χ3n) is 2.53. The van der Waals surface area contributed by atoms with Gasteiger partial charge in [-0.1, -0.05) is 0 Å². The number of carbonyl (C=O) groups is 1. The minimum Gasteiger partial charge on any atom is -0.478 e. The molecule has 2 heterocycles. The van der Waals surface area contributed by atoms with Gasteiger partial charge in [-0.2, -0.15) is 0 Å². The predicted molar refractivity (Wildman–Crippen MR) is 61.7 cm³/mol. The Kier molecular flexibility index (Phi) is 3.11. The second-order valence-corrected chi connectivity index (χ2v) is 4.58. The van der Waals surface area contributed by atoms with Gasteiger partial charge in [0.05, 0.1) is 16.1 Å². The molecule has 0 amide bonds. The molecule has 1 fully saturated rings. The van der Waals surface area contributed by atoms with E-state index < -0.39 is 5.97 Å². The summed E-state index contributed by atoms with van der Waals surface area (Å²) in [4.78, 5) is 16.8. The van der Waals surface area contributed by atoms with Gasteiger partial charge in [-0.3, -0.25) is 0 Å². The van der Waals surface area contributed by atoms with Crippen molar-refractivity contribution in [3.05, 3.63) is 22.3 Å². The Morgan fingerprint density at radius 3 is 2.88 bits per heavy atom. The second-order valence-electron chi connectivity index (χ2n) is 3.72. The van der Waals surface area contributed by atoms with Crippen LogP contribution in [0.25, 0.3) is 0 Å². The number of rotatable bonds is 2. The molecule has 0 aromatic carbocycles. The molecule has 0 aliphatic carbocycles. The lowest BCUT2D eigenvalue weighted by Crippen LogP contribution is -2.22. The first-order valence-electron chi connectivity index (χ1n) is 4.90. The zero-order valence-electron chi connectivity index (χ0n) is 8.43. The van der Waals surface area contributed by atoms with E-state index in [4.69, 9.17) is 5.11 Å². The number of pyridine rings is 1. The van der Waals surface area contributed by atoms with E-state index in [0.717, 1.165) is 13.0 Å². The number of aliphatic hydroxyl groups is 1. The number of carboxylic acids is 1. The van der Waals surface area contributed by atoms with Crippen molar-refractivity contribution < 1.29 is 15.0 Å². The lowest BCUT2D eigenvalue weighted by Gasteiger charge is -2.18. The number of carboxylic acid groups (broad SMARTS) is 1. The highest BCUT2D eigenvalue weighted by molar-refractivity contribution is 9.10. The van der Waals surface area contributed by atoms with Gasteiger partial charge < -0.3 is 15.1 Å². The van der Waals surface area contributed by atoms with Crippen molar-refractivity contribution in [3.8, 4) is 0 Å². The summed E-state index contributed by atoms with van der Waals surface area (Å²) >= 11 is 3.30. The molecule has 6 heteroatoms. The summed E-state index contributed by atoms with van der Waals surface area (Å²) in [5, 5.41) is 18.2. The minimum absolute atomic E-state index is 0.148. The van der Waals surface area contributed by atoms with E-state index >= 15 is 0 Å². The molecule has 0 radical (unpaired) electrons. The van der Waals surface area contributed by atoms with Crippen LogP contribution in [0.5, 0.6) is 0 Å². The standard InChI is InChI=1S/C10H11BrN2O3/c11-8-3-6(10(15)16)4-12-9(8)13-2-1-7(14)5-13/h3-4,7,14H,1-2,5H2,(H,15,16). The SMILES string of the molecule is O=C(O)c1cnc(N2CCC(O)C2)c(Br)c1. The zero-order valence-corrected chi connectivity index (χ0v) is 10.0. The highest BCUT2D eigenvalue weighted by atomic mass is 79.9. The Labute approximate surface area is 101 Å². The molecular weight excluding hydrogens is 276 g/mol. The number of aromatic nitrogens is 1. The number of halogens is 1. The van der Waals surface area contributed by atoms with Crippen LogP contribution < -0.4 is 4.90 Å². The van der Waals surface area contributed by atoms with Crippen LogP contribution in [0.15, 0.2) is 16.7 Å². The van der Waals surface area contributed by atoms with Crippen LogP contribution in [0.3, 0.4) is 0 Å². The van der Waals surface area contributed by atoms with Crippen LogP contribution in [0.1, 0.15) is 16.8 Å². The minimum atomic E-state index is -0.999. The predicted octanol–water partition coefficient (Wildman–Crippen LogP) is 1.11. The van der Waals surface area contributed by atoms with Gasteiger partial charge in [0.25, 0.3) is 0 Å². The molecule has 1 atom stereocenters. The van der Waals surface area contributed by atoms with E-state index in [1.807, 2.05) is 4.90 Å². The smallest absolute Gasteiger partial charge is 0.337 e. The molecule has 0 spiro atoms. The van der Waals surface area contributed by atoms with Gasteiger partial charge >= 0.3 is 5.97 Å². The number of β-amino-alcohol motifs (C(OH)–C–C–N with tert-alkyl or cyclic N) is 1. The van der Waals surface area contributed by atoms with E-state index in [1.54, 1.807) is 0 Å². The fourth-order valence-electron chi connectivity index (χ4n) is 1.71. The van der Waals surface area contributed by atoms with E-state index in [-0.39, 0.29) is 11.7 Å². The number of aromatic carboxylic acids is 1. The van der Waals surface area contributed by atoms with E-state index in [2.05, 4.69) is 20.9 Å². The Morgan fingerprint density at radius 2 is 2.38 bits per heavy atom. The first-order valence-corrected chi connectivity index (χ1v) is 5.69. The average Bonchev–Trinajstić information content (AvgIpc) is 2.64. The molecule has 2 N–H and O–H groups in total. The second kappa shape index (κ2) is 4.39. The number of nitrogens with zero attached hydrogens (tertiary/aromatic N) is 2. The molecule has 1 aromatic heterocycles. The van der Waals surface area contributed by atoms with Gasteiger partial charge in [0.1, 0.15) is 5.82 Å². The van der Waals surface area contributed by atoms with Gasteiger partial charge in [0.2, 0.25) is 0 Å². The van der Waals surface area contributed by atoms with Crippen molar-refractivity contribution in [1.82, 2.24) is 4.98 Å². The molecule has 86 valence electrons. The average molecular weight is 287 g/mol. The highest BCUT2D eigenvalue weighted by Gasteiger charge is 2.23. The highest BCUT2D eigenvalue weighted by Crippen LogP contribution is 2.27. The van der Waals surface area contributed by atoms with Crippen LogP contribution in [-0.4, -0.2) is 40.4 Å². The zero-order chi connectivity index (χ0) is 11.7. The number of aliphatic hydroxyl groups excluding tert-OH is 1. The largest absolute Gasteiger partial charge is 0.478 e. The van der Waals surface area contributed by atoms with Crippen molar-refractivity contribution in [1.29, 1.82) is 0 Å². The lowest BCUT2D eigenvalue weighted by molar-refractivity contribution is 0.0696. The van der Waals surface area contributed by atoms with Crippen molar-refractivity contribution in [2.24, 2.45) is 0 Å². The summed E-state index contributed by atoms with van der Waals surface area (Å²) in [6.07, 6.45) is 1.72. The summed E-state index contributed by atoms with van der Waals surface area (Å²) in [5.41, 5.74) is 0.148. The summed E-state index contributed by atoms with van der Waals surface area (Å²) in [5.74, 6) is -0.317. The molecule has 1 aromatic rings. The van der Waals surface area contributed by atoms with E-state index in [1.165, 1.54) is 12.3 Å². The maximum atomic E-state index is 10.7. The third kappa shape index (κ3) is 2.17. The van der Waals surface area contributed by atoms with E-state index in [9.17, 15) is 9.90 Å². The molecule has 1 aliphatic heterocycles. The van der Waals surface area contributed by atoms with Gasteiger partial charge in [-0.25, -0.2) is 9.78 Å². The van der Waals surface area contributed by atoms with Crippen molar-refractivity contribution >= 4 is 27.7 Å². The molecule has 2 rings (SSSR count). The van der Waals surface area contributed by atoms with Crippen LogP contribution in [0.4, 0.5) is 5.82 Å². The number of hydrogen-bond donors (Lipinski definition) is 2. The van der Waals surface area contributed by atoms with Crippen LogP contribution >= 0.6 is 15.9 Å². The van der Waals surface area contributed by atoms with Crippen molar-refractivity contribution in [2.75, 3.05) is 18.0 Å². The summed E-state index contributed by atoms with van der Waals surface area (Å²) < 4.78 is 0.640. The van der Waals surface area contributed by atoms with E-state index in [0.29, 0.717) is 16.8 Å². The van der Waals surface area contributed by atoms with Crippen molar-refractivity contribution in [2.45, 2.75) is 12.5 Å². The fourth-order valence-corrected chi connectivity index (χ4v) is 2.31. The molecule has 0 bridgehead atoms. The number of hydrogen-bond acceptors (Lipinski definition) is 4. The third-order valence-corrected chi connectivity index (χ3v) is 3.12. The Hall–Kier alpha value is -1.14. The maximum absolute atomic E-state index is 10.7. The molecule has 1 aliphatic rings. The number of anilines is 1. The molecule has 16 heavy (non-hydrogen) atoms. The lowest BCUT2D eigenvalue weighted by atomic mass is 10.3. The van der Waals surface area contributed by atoms with Gasteiger partial charge in [-0.15, -0.1) is 0 Å². The normalized spacial score (nSPS) is 20.1. The monoisotopic (exact) mass is 286 g/mol. The van der Waals surface area contributed by atoms with Gasteiger partial charge in [0.15, 0.2) is 0 Å². The molecule has 5 nitrogen and oxygen atoms in total. The topological polar surface area (TPSA) is 73.7 Å². The quantitative estimate of drug-likeness (QED) is 0.852. The van der Waals surface area contributed by atoms with Crippen LogP contribution in [0, 0.1) is 0 Å². The summed E-state index contributed by atoms with van der Waals surface area (Å²) in [6, 6.07) is 1.52. The summed E-state index contributed by atoms with van der Waals surface area (Å²) in [6.45, 7) is 1.28. The Morgan fingerprint density at radius 1 is 1.62 bits per heavy atom. The molecular formula is C10H11BrN2O3.